The maximum Gasteiger partial charge on any atom is 0.233 e. The number of amides is 1. The van der Waals surface area contributed by atoms with E-state index >= 15 is 0 Å². The molecule has 1 saturated heterocycles. The summed E-state index contributed by atoms with van der Waals surface area (Å²) in [6, 6.07) is 17.0. The molecule has 28 heavy (non-hydrogen) atoms. The van der Waals surface area contributed by atoms with Gasteiger partial charge < -0.3 is 10.2 Å². The zero-order valence-electron chi connectivity index (χ0n) is 17.4. The Morgan fingerprint density at radius 2 is 1.64 bits per heavy atom. The number of nitrogens with zero attached hydrogens (tertiary/aromatic N) is 1. The second kappa shape index (κ2) is 9.51. The van der Waals surface area contributed by atoms with E-state index in [2.05, 4.69) is 79.5 Å². The van der Waals surface area contributed by atoms with E-state index in [0.29, 0.717) is 0 Å². The number of rotatable bonds is 6. The van der Waals surface area contributed by atoms with Crippen molar-refractivity contribution >= 4 is 23.4 Å². The number of nitrogens with one attached hydrogen (secondary N) is 1. The summed E-state index contributed by atoms with van der Waals surface area (Å²) in [5.41, 5.74) is 3.67. The number of carbonyl (C=O) groups is 1. The molecule has 0 unspecified atom stereocenters. The molecule has 1 amide bonds. The number of piperidine rings is 1. The van der Waals surface area contributed by atoms with Crippen LogP contribution in [0.4, 0.5) is 5.69 Å². The molecular weight excluding hydrogens is 364 g/mol. The van der Waals surface area contributed by atoms with Crippen LogP contribution in [0.25, 0.3) is 0 Å². The first-order valence-corrected chi connectivity index (χ1v) is 11.2. The zero-order chi connectivity index (χ0) is 20.1. The van der Waals surface area contributed by atoms with Crippen molar-refractivity contribution in [2.45, 2.75) is 56.7 Å². The lowest BCUT2D eigenvalue weighted by Gasteiger charge is -2.32. The molecule has 3 rings (SSSR count). The van der Waals surface area contributed by atoms with Crippen LogP contribution in [0, 0.1) is 12.8 Å². The van der Waals surface area contributed by atoms with Crippen LogP contribution in [0.1, 0.15) is 50.8 Å². The van der Waals surface area contributed by atoms with E-state index in [9.17, 15) is 4.79 Å². The summed E-state index contributed by atoms with van der Waals surface area (Å²) in [5, 5.41) is 3.03. The Kier molecular flexibility index (Phi) is 7.06. The Hall–Kier alpha value is -1.94. The summed E-state index contributed by atoms with van der Waals surface area (Å²) in [4.78, 5) is 16.2. The molecule has 0 aliphatic carbocycles. The first kappa shape index (κ1) is 20.8. The highest BCUT2D eigenvalue weighted by atomic mass is 32.2. The van der Waals surface area contributed by atoms with E-state index < -0.39 is 0 Å². The third-order valence-electron chi connectivity index (χ3n) is 5.60. The van der Waals surface area contributed by atoms with Gasteiger partial charge in [0.25, 0.3) is 0 Å². The number of aryl methyl sites for hydroxylation is 1. The van der Waals surface area contributed by atoms with Gasteiger partial charge in [-0.05, 0) is 69.4 Å². The van der Waals surface area contributed by atoms with E-state index in [1.54, 1.807) is 11.8 Å². The molecule has 0 radical (unpaired) electrons. The van der Waals surface area contributed by atoms with E-state index in [1.807, 2.05) is 6.92 Å². The minimum atomic E-state index is -0.125. The number of hydrogen-bond donors (Lipinski definition) is 1. The highest BCUT2D eigenvalue weighted by Crippen LogP contribution is 2.26. The molecule has 3 nitrogen and oxygen atoms in total. The van der Waals surface area contributed by atoms with Crippen molar-refractivity contribution in [3.8, 4) is 0 Å². The monoisotopic (exact) mass is 396 g/mol. The summed E-state index contributed by atoms with van der Waals surface area (Å²) in [6.07, 6.45) is 2.54. The second-order valence-electron chi connectivity index (χ2n) is 8.06. The second-order valence-corrected chi connectivity index (χ2v) is 9.48. The number of hydrogen-bond acceptors (Lipinski definition) is 3. The van der Waals surface area contributed by atoms with Gasteiger partial charge in [-0.3, -0.25) is 4.79 Å². The minimum absolute atomic E-state index is 0.00370. The molecule has 2 atom stereocenters. The summed E-state index contributed by atoms with van der Waals surface area (Å²) in [5.74, 6) is 0.915. The van der Waals surface area contributed by atoms with Gasteiger partial charge in [0.1, 0.15) is 0 Å². The summed E-state index contributed by atoms with van der Waals surface area (Å²) >= 11 is 1.60. The molecular formula is C24H32N2OS. The number of anilines is 1. The number of thioether (sulfide) groups is 1. The third-order valence-corrected chi connectivity index (χ3v) is 6.72. The maximum atomic E-state index is 12.6. The lowest BCUT2D eigenvalue weighted by Crippen LogP contribution is -2.33. The standard InChI is InChI=1S/C24H32N2OS/c1-17-5-11-23(12-6-17)28-20(4)24(27)25-19(3)21-7-9-22(10-8-21)26-15-13-18(2)14-16-26/h5-12,18-20H,13-16H2,1-4H3,(H,25,27)/t19-,20+/m0/s1. The van der Waals surface area contributed by atoms with Gasteiger partial charge in [0.15, 0.2) is 0 Å². The topological polar surface area (TPSA) is 32.3 Å². The molecule has 2 aromatic rings. The normalized spacial score (nSPS) is 17.2. The SMILES string of the molecule is Cc1ccc(S[C@H](C)C(=O)N[C@@H](C)c2ccc(N3CCC(C)CC3)cc2)cc1. The van der Waals surface area contributed by atoms with Crippen LogP contribution in [0.15, 0.2) is 53.4 Å². The lowest BCUT2D eigenvalue weighted by atomic mass is 9.98. The minimum Gasteiger partial charge on any atom is -0.372 e. The van der Waals surface area contributed by atoms with Crippen molar-refractivity contribution in [3.63, 3.8) is 0 Å². The summed E-state index contributed by atoms with van der Waals surface area (Å²) in [6.45, 7) is 10.7. The van der Waals surface area contributed by atoms with Gasteiger partial charge in [-0.25, -0.2) is 0 Å². The van der Waals surface area contributed by atoms with Gasteiger partial charge in [0.05, 0.1) is 11.3 Å². The highest BCUT2D eigenvalue weighted by molar-refractivity contribution is 8.00. The predicted molar refractivity (Wildman–Crippen MR) is 120 cm³/mol. The van der Waals surface area contributed by atoms with Crippen LogP contribution in [0.5, 0.6) is 0 Å². The van der Waals surface area contributed by atoms with Crippen LogP contribution in [-0.2, 0) is 4.79 Å². The Morgan fingerprint density at radius 1 is 1.04 bits per heavy atom. The fourth-order valence-corrected chi connectivity index (χ4v) is 4.41. The Bertz CT molecular complexity index is 764. The number of carbonyl (C=O) groups excluding carboxylic acids is 1. The van der Waals surface area contributed by atoms with Crippen LogP contribution < -0.4 is 10.2 Å². The molecule has 150 valence electrons. The van der Waals surface area contributed by atoms with Gasteiger partial charge >= 0.3 is 0 Å². The maximum absolute atomic E-state index is 12.6. The summed E-state index contributed by atoms with van der Waals surface area (Å²) < 4.78 is 0. The van der Waals surface area contributed by atoms with Crippen molar-refractivity contribution in [1.82, 2.24) is 5.32 Å². The van der Waals surface area contributed by atoms with Gasteiger partial charge in [0.2, 0.25) is 5.91 Å². The van der Waals surface area contributed by atoms with E-state index in [-0.39, 0.29) is 17.2 Å². The fourth-order valence-electron chi connectivity index (χ4n) is 3.53. The van der Waals surface area contributed by atoms with Crippen LogP contribution in [0.3, 0.4) is 0 Å². The zero-order valence-corrected chi connectivity index (χ0v) is 18.3. The molecule has 2 aromatic carbocycles. The largest absolute Gasteiger partial charge is 0.372 e. The Labute approximate surface area is 173 Å². The quantitative estimate of drug-likeness (QED) is 0.646. The van der Waals surface area contributed by atoms with E-state index in [4.69, 9.17) is 0 Å². The van der Waals surface area contributed by atoms with Crippen molar-refractivity contribution in [2.75, 3.05) is 18.0 Å². The van der Waals surface area contributed by atoms with E-state index in [0.717, 1.165) is 29.5 Å². The average molecular weight is 397 g/mol. The number of benzene rings is 2. The third kappa shape index (κ3) is 5.54. The molecule has 1 heterocycles. The van der Waals surface area contributed by atoms with Gasteiger partial charge in [0, 0.05) is 23.7 Å². The average Bonchev–Trinajstić information content (AvgIpc) is 2.70. The van der Waals surface area contributed by atoms with Gasteiger partial charge in [-0.2, -0.15) is 0 Å². The first-order chi connectivity index (χ1) is 13.4. The predicted octanol–water partition coefficient (Wildman–Crippen LogP) is 5.59. The Morgan fingerprint density at radius 3 is 2.25 bits per heavy atom. The molecule has 1 aliphatic heterocycles. The fraction of sp³-hybridized carbons (Fsp3) is 0.458. The van der Waals surface area contributed by atoms with Crippen LogP contribution in [0.2, 0.25) is 0 Å². The molecule has 4 heteroatoms. The molecule has 0 aromatic heterocycles. The lowest BCUT2D eigenvalue weighted by molar-refractivity contribution is -0.120. The molecule has 0 bridgehead atoms. The van der Waals surface area contributed by atoms with Gasteiger partial charge in [-0.15, -0.1) is 11.8 Å². The van der Waals surface area contributed by atoms with Crippen LogP contribution >= 0.6 is 11.8 Å². The van der Waals surface area contributed by atoms with Crippen molar-refractivity contribution in [1.29, 1.82) is 0 Å². The van der Waals surface area contributed by atoms with Crippen molar-refractivity contribution < 1.29 is 4.79 Å². The molecule has 0 saturated carbocycles. The smallest absolute Gasteiger partial charge is 0.233 e. The van der Waals surface area contributed by atoms with E-state index in [1.165, 1.54) is 24.1 Å². The molecule has 1 fully saturated rings. The van der Waals surface area contributed by atoms with Crippen molar-refractivity contribution in [2.24, 2.45) is 5.92 Å². The van der Waals surface area contributed by atoms with Crippen molar-refractivity contribution in [3.05, 3.63) is 59.7 Å². The van der Waals surface area contributed by atoms with Gasteiger partial charge in [-0.1, -0.05) is 36.8 Å². The molecule has 1 aliphatic rings. The molecule has 1 N–H and O–H groups in total. The van der Waals surface area contributed by atoms with Crippen LogP contribution in [-0.4, -0.2) is 24.2 Å². The summed E-state index contributed by atoms with van der Waals surface area (Å²) in [7, 11) is 0. The Balaban J connectivity index is 1.53. The molecule has 0 spiro atoms. The highest BCUT2D eigenvalue weighted by Gasteiger charge is 2.19. The first-order valence-electron chi connectivity index (χ1n) is 10.3.